The average molecular weight is 329 g/mol. The molecule has 2 heterocycles. The molecule has 4 rings (SSSR count). The minimum atomic E-state index is -0.123. The Kier molecular flexibility index (Phi) is 4.11. The first-order valence-corrected chi connectivity index (χ1v) is 8.32. The molecule has 0 unspecified atom stereocenters. The second-order valence-electron chi connectivity index (χ2n) is 6.19. The molecule has 0 saturated heterocycles. The monoisotopic (exact) mass is 329 g/mol. The predicted octanol–water partition coefficient (Wildman–Crippen LogP) is 3.69. The van der Waals surface area contributed by atoms with Gasteiger partial charge in [-0.05, 0) is 31.0 Å². The van der Waals surface area contributed by atoms with Crippen molar-refractivity contribution in [3.05, 3.63) is 30.0 Å². The molecule has 1 aliphatic heterocycles. The van der Waals surface area contributed by atoms with Crippen molar-refractivity contribution in [1.82, 2.24) is 5.16 Å². The molecule has 0 atom stereocenters. The SMILES string of the molecule is O=C(OCc1cc(-c2ccc3c(c2)OCO3)on1)C1CCCCC1. The van der Waals surface area contributed by atoms with E-state index in [2.05, 4.69) is 5.16 Å². The van der Waals surface area contributed by atoms with Crippen LogP contribution in [0.25, 0.3) is 11.3 Å². The highest BCUT2D eigenvalue weighted by Gasteiger charge is 2.23. The first-order valence-electron chi connectivity index (χ1n) is 8.32. The van der Waals surface area contributed by atoms with Crippen molar-refractivity contribution in [1.29, 1.82) is 0 Å². The Balaban J connectivity index is 1.39. The zero-order valence-corrected chi connectivity index (χ0v) is 13.3. The second-order valence-corrected chi connectivity index (χ2v) is 6.19. The third kappa shape index (κ3) is 3.09. The van der Waals surface area contributed by atoms with Crippen molar-refractivity contribution in [2.75, 3.05) is 6.79 Å². The summed E-state index contributed by atoms with van der Waals surface area (Å²) in [6, 6.07) is 7.35. The summed E-state index contributed by atoms with van der Waals surface area (Å²) in [5.74, 6) is 1.94. The summed E-state index contributed by atoms with van der Waals surface area (Å²) < 4.78 is 21.4. The fraction of sp³-hybridized carbons (Fsp3) is 0.444. The number of aromatic nitrogens is 1. The van der Waals surface area contributed by atoms with Crippen molar-refractivity contribution in [3.8, 4) is 22.8 Å². The quantitative estimate of drug-likeness (QED) is 0.797. The van der Waals surface area contributed by atoms with Crippen LogP contribution in [0.2, 0.25) is 0 Å². The molecule has 0 amide bonds. The van der Waals surface area contributed by atoms with Crippen LogP contribution >= 0.6 is 0 Å². The number of hydrogen-bond acceptors (Lipinski definition) is 6. The Morgan fingerprint density at radius 3 is 2.83 bits per heavy atom. The van der Waals surface area contributed by atoms with Crippen LogP contribution in [0.3, 0.4) is 0 Å². The van der Waals surface area contributed by atoms with E-state index in [1.807, 2.05) is 18.2 Å². The molecule has 2 aromatic rings. The van der Waals surface area contributed by atoms with Gasteiger partial charge >= 0.3 is 5.97 Å². The lowest BCUT2D eigenvalue weighted by Gasteiger charge is -2.19. The summed E-state index contributed by atoms with van der Waals surface area (Å²) in [7, 11) is 0. The Bertz CT molecular complexity index is 733. The van der Waals surface area contributed by atoms with Crippen LogP contribution in [0.15, 0.2) is 28.8 Å². The van der Waals surface area contributed by atoms with Crippen LogP contribution in [0.5, 0.6) is 11.5 Å². The maximum absolute atomic E-state index is 12.1. The van der Waals surface area contributed by atoms with Gasteiger partial charge in [0, 0.05) is 11.6 Å². The predicted molar refractivity (Wildman–Crippen MR) is 84.4 cm³/mol. The number of benzene rings is 1. The van der Waals surface area contributed by atoms with Gasteiger partial charge in [-0.3, -0.25) is 4.79 Å². The van der Waals surface area contributed by atoms with Gasteiger partial charge in [0.1, 0.15) is 12.3 Å². The van der Waals surface area contributed by atoms with Gasteiger partial charge in [-0.15, -0.1) is 0 Å². The van der Waals surface area contributed by atoms with Crippen LogP contribution < -0.4 is 9.47 Å². The van der Waals surface area contributed by atoms with E-state index >= 15 is 0 Å². The molecule has 1 saturated carbocycles. The number of rotatable bonds is 4. The topological polar surface area (TPSA) is 70.8 Å². The van der Waals surface area contributed by atoms with Gasteiger partial charge in [0.15, 0.2) is 17.3 Å². The normalized spacial score (nSPS) is 17.0. The maximum Gasteiger partial charge on any atom is 0.309 e. The Morgan fingerprint density at radius 2 is 1.96 bits per heavy atom. The molecule has 126 valence electrons. The minimum absolute atomic E-state index is 0.0407. The number of ether oxygens (including phenoxy) is 3. The molecule has 6 nitrogen and oxygen atoms in total. The largest absolute Gasteiger partial charge is 0.459 e. The molecular weight excluding hydrogens is 310 g/mol. The number of carbonyl (C=O) groups excluding carboxylic acids is 1. The zero-order chi connectivity index (χ0) is 16.4. The van der Waals surface area contributed by atoms with Crippen LogP contribution in [-0.4, -0.2) is 17.9 Å². The van der Waals surface area contributed by atoms with Crippen molar-refractivity contribution < 1.29 is 23.5 Å². The molecule has 1 aromatic carbocycles. The van der Waals surface area contributed by atoms with Crippen LogP contribution in [0.1, 0.15) is 37.8 Å². The summed E-state index contributed by atoms with van der Waals surface area (Å²) in [5, 5.41) is 3.98. The van der Waals surface area contributed by atoms with Gasteiger partial charge in [-0.25, -0.2) is 0 Å². The van der Waals surface area contributed by atoms with E-state index in [1.54, 1.807) is 6.07 Å². The first kappa shape index (κ1) is 15.1. The molecule has 2 aliphatic rings. The fourth-order valence-corrected chi connectivity index (χ4v) is 3.17. The van der Waals surface area contributed by atoms with E-state index in [0.29, 0.717) is 17.2 Å². The third-order valence-electron chi connectivity index (χ3n) is 4.52. The summed E-state index contributed by atoms with van der Waals surface area (Å²) in [5.41, 5.74) is 1.45. The van der Waals surface area contributed by atoms with Crippen molar-refractivity contribution in [2.45, 2.75) is 38.7 Å². The molecule has 1 fully saturated rings. The fourth-order valence-electron chi connectivity index (χ4n) is 3.17. The van der Waals surface area contributed by atoms with Gasteiger partial charge in [-0.1, -0.05) is 24.4 Å². The minimum Gasteiger partial charge on any atom is -0.459 e. The zero-order valence-electron chi connectivity index (χ0n) is 13.3. The van der Waals surface area contributed by atoms with E-state index in [1.165, 1.54) is 6.42 Å². The Labute approximate surface area is 139 Å². The molecule has 0 spiro atoms. The van der Waals surface area contributed by atoms with E-state index in [-0.39, 0.29) is 25.3 Å². The molecule has 0 bridgehead atoms. The average Bonchev–Trinajstić information content (AvgIpc) is 3.29. The molecule has 6 heteroatoms. The van der Waals surface area contributed by atoms with Crippen LogP contribution in [0, 0.1) is 5.92 Å². The number of fused-ring (bicyclic) bond motifs is 1. The Hall–Kier alpha value is -2.50. The highest BCUT2D eigenvalue weighted by Crippen LogP contribution is 2.36. The van der Waals surface area contributed by atoms with Crippen molar-refractivity contribution in [2.24, 2.45) is 5.92 Å². The molecule has 1 aromatic heterocycles. The number of hydrogen-bond donors (Lipinski definition) is 0. The maximum atomic E-state index is 12.1. The summed E-state index contributed by atoms with van der Waals surface area (Å²) in [6.45, 7) is 0.376. The van der Waals surface area contributed by atoms with E-state index in [4.69, 9.17) is 18.7 Å². The van der Waals surface area contributed by atoms with Crippen molar-refractivity contribution >= 4 is 5.97 Å². The molecule has 24 heavy (non-hydrogen) atoms. The lowest BCUT2D eigenvalue weighted by atomic mass is 9.89. The number of esters is 1. The molecular formula is C18H19NO5. The molecule has 1 aliphatic carbocycles. The van der Waals surface area contributed by atoms with E-state index < -0.39 is 0 Å². The first-order chi connectivity index (χ1) is 11.8. The molecule has 0 N–H and O–H groups in total. The second kappa shape index (κ2) is 6.55. The summed E-state index contributed by atoms with van der Waals surface area (Å²) in [4.78, 5) is 12.1. The van der Waals surface area contributed by atoms with E-state index in [9.17, 15) is 4.79 Å². The summed E-state index contributed by atoms with van der Waals surface area (Å²) in [6.07, 6.45) is 5.29. The smallest absolute Gasteiger partial charge is 0.309 e. The van der Waals surface area contributed by atoms with Gasteiger partial charge in [0.25, 0.3) is 0 Å². The van der Waals surface area contributed by atoms with Crippen LogP contribution in [-0.2, 0) is 16.1 Å². The highest BCUT2D eigenvalue weighted by molar-refractivity contribution is 5.72. The van der Waals surface area contributed by atoms with Gasteiger partial charge in [-0.2, -0.15) is 0 Å². The Morgan fingerprint density at radius 1 is 1.12 bits per heavy atom. The van der Waals surface area contributed by atoms with Gasteiger partial charge < -0.3 is 18.7 Å². The number of carbonyl (C=O) groups is 1. The third-order valence-corrected chi connectivity index (χ3v) is 4.52. The standard InChI is InChI=1S/C18H19NO5/c20-18(12-4-2-1-3-5-12)21-10-14-9-16(24-19-14)13-6-7-15-17(8-13)23-11-22-15/h6-9,12H,1-5,10-11H2. The van der Waals surface area contributed by atoms with Gasteiger partial charge in [0.2, 0.25) is 6.79 Å². The molecule has 0 radical (unpaired) electrons. The lowest BCUT2D eigenvalue weighted by Crippen LogP contribution is -2.20. The van der Waals surface area contributed by atoms with E-state index in [0.717, 1.165) is 37.0 Å². The van der Waals surface area contributed by atoms with Gasteiger partial charge in [0.05, 0.1) is 5.92 Å². The van der Waals surface area contributed by atoms with Crippen LogP contribution in [0.4, 0.5) is 0 Å². The van der Waals surface area contributed by atoms with Crippen molar-refractivity contribution in [3.63, 3.8) is 0 Å². The number of nitrogens with zero attached hydrogens (tertiary/aromatic N) is 1. The highest BCUT2D eigenvalue weighted by atomic mass is 16.7. The summed E-state index contributed by atoms with van der Waals surface area (Å²) >= 11 is 0. The lowest BCUT2D eigenvalue weighted by molar-refractivity contribution is -0.151.